The first-order valence-electron chi connectivity index (χ1n) is 14.1. The average molecular weight is 627 g/mol. The second kappa shape index (κ2) is 13.3. The Morgan fingerprint density at radius 1 is 1.13 bits per heavy atom. The first-order valence-corrected chi connectivity index (χ1v) is 14.1. The zero-order chi connectivity index (χ0) is 32.2. The van der Waals surface area contributed by atoms with E-state index < -0.39 is 59.4 Å². The highest BCUT2D eigenvalue weighted by Crippen LogP contribution is 2.41. The molecule has 2 unspecified atom stereocenters. The number of aliphatic imine (C=N–C) groups is 1. The lowest BCUT2D eigenvalue weighted by atomic mass is 10.1. The van der Waals surface area contributed by atoms with Gasteiger partial charge in [-0.05, 0) is 37.3 Å². The number of aromatic nitrogens is 1. The number of nitrogens with two attached hydrogens (primary N) is 1. The van der Waals surface area contributed by atoms with Gasteiger partial charge in [-0.25, -0.2) is 0 Å². The Kier molecular flexibility index (Phi) is 9.29. The van der Waals surface area contributed by atoms with Crippen molar-refractivity contribution in [1.29, 1.82) is 5.41 Å². The number of carboxylic acids is 1. The molecule has 0 saturated carbocycles. The average Bonchev–Trinajstić information content (AvgIpc) is 3.60. The highest BCUT2D eigenvalue weighted by Gasteiger charge is 2.40. The van der Waals surface area contributed by atoms with Crippen LogP contribution in [-0.2, 0) is 9.63 Å². The van der Waals surface area contributed by atoms with Crippen molar-refractivity contribution in [3.05, 3.63) is 65.2 Å². The fourth-order valence-electron chi connectivity index (χ4n) is 5.07. The van der Waals surface area contributed by atoms with Gasteiger partial charge in [-0.1, -0.05) is 12.1 Å². The lowest BCUT2D eigenvalue weighted by molar-refractivity contribution is -0.178. The maximum atomic E-state index is 16.0. The van der Waals surface area contributed by atoms with Crippen molar-refractivity contribution in [2.45, 2.75) is 31.9 Å². The van der Waals surface area contributed by atoms with Crippen LogP contribution in [0.3, 0.4) is 0 Å². The van der Waals surface area contributed by atoms with E-state index in [1.165, 1.54) is 23.3 Å². The van der Waals surface area contributed by atoms with Crippen LogP contribution in [0, 0.1) is 17.0 Å². The minimum Gasteiger partial charge on any atom is -0.504 e. The van der Waals surface area contributed by atoms with Crippen molar-refractivity contribution in [1.82, 2.24) is 14.9 Å². The van der Waals surface area contributed by atoms with Crippen molar-refractivity contribution in [2.75, 3.05) is 33.3 Å². The summed E-state index contributed by atoms with van der Waals surface area (Å²) in [7, 11) is 1.89. The number of halogens is 2. The number of benzene rings is 2. The molecule has 1 fully saturated rings. The van der Waals surface area contributed by atoms with E-state index in [2.05, 4.69) is 9.98 Å². The first-order chi connectivity index (χ1) is 21.5. The van der Waals surface area contributed by atoms with Crippen molar-refractivity contribution in [3.8, 4) is 34.8 Å². The number of rotatable bonds is 12. The molecule has 2 aliphatic heterocycles. The molecule has 5 rings (SSSR count). The number of ether oxygens (including phenoxy) is 3. The molecule has 0 aliphatic carbocycles. The van der Waals surface area contributed by atoms with Gasteiger partial charge in [0.2, 0.25) is 17.4 Å². The fraction of sp³-hybridized carbons (Fsp3) is 0.333. The van der Waals surface area contributed by atoms with Gasteiger partial charge >= 0.3 is 5.97 Å². The van der Waals surface area contributed by atoms with E-state index in [4.69, 9.17) is 30.2 Å². The molecular weight excluding hydrogens is 594 g/mol. The molecule has 1 saturated heterocycles. The van der Waals surface area contributed by atoms with E-state index >= 15 is 8.78 Å². The standard InChI is InChI=1S/C30H32F2N6O7/c1-3-42-38-11-9-21(19(38)15-23(40)41)44-26-24(31)29(43-18-6-4-5-17(13-18)28-35-10-12-37(28)2)36-30(25(26)32)45-22-14-16(27(33)34)7-8-20(22)39/h4-8,13-14,19,21,39H,3,9-12,15H2,1-2H3,(H3,33,34)(H,40,41). The third-order valence-corrected chi connectivity index (χ3v) is 7.20. The number of hydrogen-bond donors (Lipinski definition) is 4. The summed E-state index contributed by atoms with van der Waals surface area (Å²) in [5.74, 6) is -6.51. The minimum atomic E-state index is -1.37. The third-order valence-electron chi connectivity index (χ3n) is 7.20. The summed E-state index contributed by atoms with van der Waals surface area (Å²) in [6.07, 6.45) is -1.21. The molecule has 0 radical (unpaired) electrons. The Hall–Kier alpha value is -5.02. The number of carbonyl (C=O) groups is 1. The summed E-state index contributed by atoms with van der Waals surface area (Å²) in [5.41, 5.74) is 6.41. The smallest absolute Gasteiger partial charge is 0.305 e. The number of aliphatic carboxylic acids is 1. The summed E-state index contributed by atoms with van der Waals surface area (Å²) in [6.45, 7) is 3.59. The molecule has 3 aromatic rings. The summed E-state index contributed by atoms with van der Waals surface area (Å²) < 4.78 is 49.2. The number of hydrogen-bond acceptors (Lipinski definition) is 11. The largest absolute Gasteiger partial charge is 0.504 e. The van der Waals surface area contributed by atoms with E-state index in [9.17, 15) is 15.0 Å². The van der Waals surface area contributed by atoms with Gasteiger partial charge in [0.1, 0.15) is 23.5 Å². The molecule has 45 heavy (non-hydrogen) atoms. The Labute approximate surface area is 256 Å². The number of amidine groups is 2. The van der Waals surface area contributed by atoms with E-state index in [0.29, 0.717) is 17.9 Å². The van der Waals surface area contributed by atoms with Crippen LogP contribution in [0.4, 0.5) is 8.78 Å². The van der Waals surface area contributed by atoms with Gasteiger partial charge in [-0.15, -0.1) is 0 Å². The summed E-state index contributed by atoms with van der Waals surface area (Å²) >= 11 is 0. The van der Waals surface area contributed by atoms with Gasteiger partial charge in [0, 0.05) is 37.7 Å². The van der Waals surface area contributed by atoms with E-state index in [1.807, 2.05) is 18.0 Å². The van der Waals surface area contributed by atoms with E-state index in [0.717, 1.165) is 6.54 Å². The number of likely N-dealkylation sites (N-methyl/N-ethyl adjacent to an activating group) is 1. The number of nitrogens with one attached hydrogen (secondary N) is 1. The van der Waals surface area contributed by atoms with Gasteiger partial charge < -0.3 is 35.1 Å². The van der Waals surface area contributed by atoms with Gasteiger partial charge in [-0.3, -0.25) is 20.0 Å². The van der Waals surface area contributed by atoms with Crippen LogP contribution in [0.15, 0.2) is 47.5 Å². The molecule has 238 valence electrons. The molecule has 0 bridgehead atoms. The number of nitrogen functional groups attached to an aromatic ring is 1. The van der Waals surface area contributed by atoms with Crippen LogP contribution in [0.25, 0.3) is 0 Å². The molecular formula is C30H32F2N6O7. The summed E-state index contributed by atoms with van der Waals surface area (Å²) in [4.78, 5) is 27.5. The van der Waals surface area contributed by atoms with Gasteiger partial charge in [0.05, 0.1) is 25.6 Å². The summed E-state index contributed by atoms with van der Waals surface area (Å²) in [5, 5.41) is 28.9. The number of pyridine rings is 1. The van der Waals surface area contributed by atoms with Gasteiger partial charge in [0.25, 0.3) is 11.8 Å². The number of phenolic OH excluding ortho intramolecular Hbond substituents is 1. The van der Waals surface area contributed by atoms with Crippen LogP contribution < -0.4 is 19.9 Å². The van der Waals surface area contributed by atoms with E-state index in [-0.39, 0.29) is 42.5 Å². The zero-order valence-electron chi connectivity index (χ0n) is 24.5. The number of aromatic hydroxyl groups is 1. The molecule has 2 atom stereocenters. The SMILES string of the molecule is CCON1CCC(Oc2c(F)c(Oc3cccc(C4=NCCN4C)c3)nc(Oc3cc(C(=N)N)ccc3O)c2F)C1CC(=O)O. The second-order valence-corrected chi connectivity index (χ2v) is 10.3. The van der Waals surface area contributed by atoms with Crippen LogP contribution in [0.2, 0.25) is 0 Å². The third kappa shape index (κ3) is 6.89. The minimum absolute atomic E-state index is 0.152. The zero-order valence-corrected chi connectivity index (χ0v) is 24.5. The van der Waals surface area contributed by atoms with Crippen LogP contribution in [0.1, 0.15) is 30.9 Å². The maximum absolute atomic E-state index is 16.0. The number of hydroxylamine groups is 2. The first kappa shape index (κ1) is 31.4. The topological polar surface area (TPSA) is 176 Å². The number of carboxylic acid groups (broad SMARTS) is 1. The highest BCUT2D eigenvalue weighted by atomic mass is 19.1. The molecule has 0 amide bonds. The Morgan fingerprint density at radius 2 is 1.89 bits per heavy atom. The second-order valence-electron chi connectivity index (χ2n) is 10.3. The van der Waals surface area contributed by atoms with Crippen molar-refractivity contribution >= 4 is 17.6 Å². The number of nitrogens with zero attached hydrogens (tertiary/aromatic N) is 4. The molecule has 15 heteroatoms. The molecule has 13 nitrogen and oxygen atoms in total. The predicted molar refractivity (Wildman–Crippen MR) is 157 cm³/mol. The lowest BCUT2D eigenvalue weighted by Gasteiger charge is -2.26. The van der Waals surface area contributed by atoms with Gasteiger partial charge in [-0.2, -0.15) is 18.8 Å². The Balaban J connectivity index is 1.55. The normalized spacial score (nSPS) is 18.1. The van der Waals surface area contributed by atoms with E-state index in [1.54, 1.807) is 25.1 Å². The molecule has 1 aromatic heterocycles. The highest BCUT2D eigenvalue weighted by molar-refractivity contribution is 6.00. The molecule has 5 N–H and O–H groups in total. The lowest BCUT2D eigenvalue weighted by Crippen LogP contribution is -2.39. The van der Waals surface area contributed by atoms with Crippen molar-refractivity contribution in [2.24, 2.45) is 10.7 Å². The molecule has 2 aliphatic rings. The van der Waals surface area contributed by atoms with Crippen molar-refractivity contribution < 1.29 is 42.8 Å². The maximum Gasteiger partial charge on any atom is 0.305 e. The van der Waals surface area contributed by atoms with Crippen LogP contribution in [-0.4, -0.2) is 88.2 Å². The molecule has 3 heterocycles. The summed E-state index contributed by atoms with van der Waals surface area (Å²) in [6, 6.07) is 9.52. The van der Waals surface area contributed by atoms with Gasteiger partial charge in [0.15, 0.2) is 11.5 Å². The predicted octanol–water partition coefficient (Wildman–Crippen LogP) is 3.87. The fourth-order valence-corrected chi connectivity index (χ4v) is 5.07. The molecule has 0 spiro atoms. The molecule has 2 aromatic carbocycles. The Morgan fingerprint density at radius 3 is 2.56 bits per heavy atom. The Bertz CT molecular complexity index is 1640. The monoisotopic (exact) mass is 626 g/mol. The quantitative estimate of drug-likeness (QED) is 0.170. The van der Waals surface area contributed by atoms with Crippen LogP contribution >= 0.6 is 0 Å². The van der Waals surface area contributed by atoms with Crippen molar-refractivity contribution in [3.63, 3.8) is 0 Å². The number of phenols is 1. The van der Waals surface area contributed by atoms with Crippen LogP contribution in [0.5, 0.6) is 34.8 Å².